The molecule has 0 aliphatic carbocycles. The highest BCUT2D eigenvalue weighted by Gasteiger charge is 2.08. The summed E-state index contributed by atoms with van der Waals surface area (Å²) in [7, 11) is 3.37. The van der Waals surface area contributed by atoms with Crippen LogP contribution < -0.4 is 10.1 Å². The van der Waals surface area contributed by atoms with Gasteiger partial charge >= 0.3 is 0 Å². The largest absolute Gasteiger partial charge is 0.494 e. The third-order valence-electron chi connectivity index (χ3n) is 3.45. The number of ether oxygens (including phenoxy) is 1. The van der Waals surface area contributed by atoms with Gasteiger partial charge in [-0.25, -0.2) is 4.39 Å². The number of aryl methyl sites for hydroxylation is 1. The smallest absolute Gasteiger partial charge is 0.167 e. The summed E-state index contributed by atoms with van der Waals surface area (Å²) in [5.41, 5.74) is 2.71. The number of nitrogens with one attached hydrogen (secondary N) is 1. The van der Waals surface area contributed by atoms with Gasteiger partial charge in [0.15, 0.2) is 11.6 Å². The first kappa shape index (κ1) is 13.4. The van der Waals surface area contributed by atoms with Crippen LogP contribution >= 0.6 is 0 Å². The third kappa shape index (κ3) is 2.54. The van der Waals surface area contributed by atoms with Crippen LogP contribution in [0.2, 0.25) is 0 Å². The molecule has 0 fully saturated rings. The fourth-order valence-electron chi connectivity index (χ4n) is 2.38. The van der Waals surface area contributed by atoms with E-state index < -0.39 is 0 Å². The second kappa shape index (κ2) is 5.44. The van der Waals surface area contributed by atoms with Crippen LogP contribution in [0.25, 0.3) is 10.9 Å². The van der Waals surface area contributed by atoms with Crippen LogP contribution in [0.4, 0.5) is 10.1 Å². The maximum atomic E-state index is 13.6. The van der Waals surface area contributed by atoms with Crippen molar-refractivity contribution in [2.45, 2.75) is 6.54 Å². The number of halogens is 1. The molecular weight excluding hydrogens is 269 g/mol. The quantitative estimate of drug-likeness (QED) is 0.799. The number of anilines is 1. The zero-order chi connectivity index (χ0) is 14.8. The summed E-state index contributed by atoms with van der Waals surface area (Å²) in [4.78, 5) is 0. The van der Waals surface area contributed by atoms with Gasteiger partial charge in [0.05, 0.1) is 24.9 Å². The standard InChI is InChI=1S/C16H16FN3O/c1-20-15-6-4-3-5-12(15)14(19-20)10-18-11-7-8-16(21-2)13(17)9-11/h3-9,18H,10H2,1-2H3. The van der Waals surface area contributed by atoms with Crippen molar-refractivity contribution in [2.75, 3.05) is 12.4 Å². The summed E-state index contributed by atoms with van der Waals surface area (Å²) in [5, 5.41) is 8.78. The Morgan fingerprint density at radius 3 is 2.81 bits per heavy atom. The maximum absolute atomic E-state index is 13.6. The molecule has 0 saturated carbocycles. The van der Waals surface area contributed by atoms with Gasteiger partial charge in [0.25, 0.3) is 0 Å². The first-order valence-electron chi connectivity index (χ1n) is 6.67. The molecule has 1 N–H and O–H groups in total. The highest BCUT2D eigenvalue weighted by Crippen LogP contribution is 2.22. The Hall–Kier alpha value is -2.56. The first-order chi connectivity index (χ1) is 10.2. The van der Waals surface area contributed by atoms with Crippen molar-refractivity contribution in [3.05, 3.63) is 54.0 Å². The molecule has 4 nitrogen and oxygen atoms in total. The van der Waals surface area contributed by atoms with E-state index in [0.29, 0.717) is 12.2 Å². The van der Waals surface area contributed by atoms with Crippen molar-refractivity contribution in [3.63, 3.8) is 0 Å². The molecule has 0 radical (unpaired) electrons. The number of methoxy groups -OCH3 is 1. The molecule has 0 bridgehead atoms. The van der Waals surface area contributed by atoms with Gasteiger partial charge in [-0.3, -0.25) is 4.68 Å². The Labute approximate surface area is 122 Å². The lowest BCUT2D eigenvalue weighted by molar-refractivity contribution is 0.386. The summed E-state index contributed by atoms with van der Waals surface area (Å²) in [5.74, 6) is -0.141. The summed E-state index contributed by atoms with van der Waals surface area (Å²) in [6, 6.07) is 12.8. The van der Waals surface area contributed by atoms with Gasteiger partial charge in [0, 0.05) is 24.2 Å². The molecule has 2 aromatic carbocycles. The highest BCUT2D eigenvalue weighted by molar-refractivity contribution is 5.82. The van der Waals surface area contributed by atoms with Crippen LogP contribution in [-0.2, 0) is 13.6 Å². The number of benzene rings is 2. The Kier molecular flexibility index (Phi) is 3.48. The van der Waals surface area contributed by atoms with E-state index in [1.165, 1.54) is 13.2 Å². The summed E-state index contributed by atoms with van der Waals surface area (Å²) >= 11 is 0. The number of hydrogen-bond acceptors (Lipinski definition) is 3. The second-order valence-electron chi connectivity index (χ2n) is 4.79. The highest BCUT2D eigenvalue weighted by atomic mass is 19.1. The molecule has 3 rings (SSSR count). The molecule has 0 aliphatic heterocycles. The average Bonchev–Trinajstić information content (AvgIpc) is 2.82. The minimum Gasteiger partial charge on any atom is -0.494 e. The van der Waals surface area contributed by atoms with E-state index in [1.807, 2.05) is 36.0 Å². The topological polar surface area (TPSA) is 39.1 Å². The molecule has 5 heteroatoms. The van der Waals surface area contributed by atoms with Gasteiger partial charge in [0.2, 0.25) is 0 Å². The molecule has 1 aromatic heterocycles. The van der Waals surface area contributed by atoms with Crippen molar-refractivity contribution in [1.82, 2.24) is 9.78 Å². The Morgan fingerprint density at radius 2 is 2.05 bits per heavy atom. The lowest BCUT2D eigenvalue weighted by atomic mass is 10.2. The normalized spacial score (nSPS) is 10.8. The zero-order valence-corrected chi connectivity index (χ0v) is 11.9. The molecule has 3 aromatic rings. The van der Waals surface area contributed by atoms with Gasteiger partial charge in [0.1, 0.15) is 0 Å². The van der Waals surface area contributed by atoms with E-state index >= 15 is 0 Å². The van der Waals surface area contributed by atoms with E-state index in [4.69, 9.17) is 4.74 Å². The van der Waals surface area contributed by atoms with Crippen LogP contribution in [0.15, 0.2) is 42.5 Å². The Balaban J connectivity index is 1.82. The van der Waals surface area contributed by atoms with Gasteiger partial charge in [-0.05, 0) is 18.2 Å². The van der Waals surface area contributed by atoms with Crippen LogP contribution in [0, 0.1) is 5.82 Å². The molecule has 0 amide bonds. The predicted octanol–water partition coefficient (Wildman–Crippen LogP) is 3.33. The second-order valence-corrected chi connectivity index (χ2v) is 4.79. The number of fused-ring (bicyclic) bond motifs is 1. The van der Waals surface area contributed by atoms with Crippen LogP contribution in [0.5, 0.6) is 5.75 Å². The van der Waals surface area contributed by atoms with Crippen LogP contribution in [-0.4, -0.2) is 16.9 Å². The van der Waals surface area contributed by atoms with Crippen molar-refractivity contribution < 1.29 is 9.13 Å². The number of aromatic nitrogens is 2. The van der Waals surface area contributed by atoms with Gasteiger partial charge in [-0.1, -0.05) is 18.2 Å². The molecule has 0 aliphatic rings. The minimum atomic E-state index is -0.381. The molecule has 0 saturated heterocycles. The molecular formula is C16H16FN3O. The number of nitrogens with zero attached hydrogens (tertiary/aromatic N) is 2. The minimum absolute atomic E-state index is 0.240. The van der Waals surface area contributed by atoms with Crippen molar-refractivity contribution >= 4 is 16.6 Å². The fourth-order valence-corrected chi connectivity index (χ4v) is 2.38. The lowest BCUT2D eigenvalue weighted by Gasteiger charge is -2.07. The number of para-hydroxylation sites is 1. The van der Waals surface area contributed by atoms with Crippen molar-refractivity contribution in [2.24, 2.45) is 7.05 Å². The SMILES string of the molecule is COc1ccc(NCc2nn(C)c3ccccc23)cc1F. The summed E-state index contributed by atoms with van der Waals surface area (Å²) in [6.45, 7) is 0.535. The Bertz CT molecular complexity index is 782. The maximum Gasteiger partial charge on any atom is 0.167 e. The number of rotatable bonds is 4. The molecule has 21 heavy (non-hydrogen) atoms. The van der Waals surface area contributed by atoms with Gasteiger partial charge < -0.3 is 10.1 Å². The molecule has 0 unspecified atom stereocenters. The first-order valence-corrected chi connectivity index (χ1v) is 6.67. The molecule has 0 atom stereocenters. The van der Waals surface area contributed by atoms with Gasteiger partial charge in [-0.2, -0.15) is 5.10 Å². The van der Waals surface area contributed by atoms with Crippen molar-refractivity contribution in [3.8, 4) is 5.75 Å². The lowest BCUT2D eigenvalue weighted by Crippen LogP contribution is -2.02. The molecule has 0 spiro atoms. The monoisotopic (exact) mass is 285 g/mol. The fraction of sp³-hybridized carbons (Fsp3) is 0.188. The zero-order valence-electron chi connectivity index (χ0n) is 11.9. The van der Waals surface area contributed by atoms with E-state index in [2.05, 4.69) is 10.4 Å². The van der Waals surface area contributed by atoms with E-state index in [1.54, 1.807) is 12.1 Å². The predicted molar refractivity (Wildman–Crippen MR) is 81.0 cm³/mol. The molecule has 108 valence electrons. The van der Waals surface area contributed by atoms with E-state index in [0.717, 1.165) is 16.6 Å². The molecule has 1 heterocycles. The van der Waals surface area contributed by atoms with E-state index in [9.17, 15) is 4.39 Å². The van der Waals surface area contributed by atoms with Crippen LogP contribution in [0.3, 0.4) is 0 Å². The van der Waals surface area contributed by atoms with Crippen molar-refractivity contribution in [1.29, 1.82) is 0 Å². The van der Waals surface area contributed by atoms with E-state index in [-0.39, 0.29) is 11.6 Å². The summed E-state index contributed by atoms with van der Waals surface area (Å²) in [6.07, 6.45) is 0. The van der Waals surface area contributed by atoms with Crippen LogP contribution in [0.1, 0.15) is 5.69 Å². The average molecular weight is 285 g/mol. The third-order valence-corrected chi connectivity index (χ3v) is 3.45. The van der Waals surface area contributed by atoms with Gasteiger partial charge in [-0.15, -0.1) is 0 Å². The summed E-state index contributed by atoms with van der Waals surface area (Å²) < 4.78 is 20.4. The Morgan fingerprint density at radius 1 is 1.24 bits per heavy atom. The number of hydrogen-bond donors (Lipinski definition) is 1.